The molecule has 1 heterocycles. The zero-order valence-corrected chi connectivity index (χ0v) is 16.9. The fraction of sp³-hybridized carbons (Fsp3) is 0.348. The zero-order valence-electron chi connectivity index (χ0n) is 16.9. The highest BCUT2D eigenvalue weighted by atomic mass is 16.5. The molecule has 1 aliphatic rings. The van der Waals surface area contributed by atoms with Gasteiger partial charge in [0.1, 0.15) is 28.4 Å². The van der Waals surface area contributed by atoms with Gasteiger partial charge in [-0.15, -0.1) is 0 Å². The van der Waals surface area contributed by atoms with E-state index < -0.39 is 11.6 Å². The van der Waals surface area contributed by atoms with Crippen LogP contribution < -0.4 is 9.47 Å². The van der Waals surface area contributed by atoms with E-state index in [0.29, 0.717) is 22.3 Å². The van der Waals surface area contributed by atoms with Crippen molar-refractivity contribution in [2.24, 2.45) is 5.92 Å². The zero-order chi connectivity index (χ0) is 20.6. The van der Waals surface area contributed by atoms with Gasteiger partial charge in [-0.1, -0.05) is 24.6 Å². The van der Waals surface area contributed by atoms with Crippen LogP contribution in [0, 0.1) is 5.92 Å². The van der Waals surface area contributed by atoms with Crippen LogP contribution in [0.15, 0.2) is 35.9 Å². The number of allylic oxidation sites excluding steroid dienone is 2. The molecule has 2 aromatic rings. The number of aromatic carboxylic acids is 1. The molecule has 5 nitrogen and oxygen atoms in total. The monoisotopic (exact) mass is 382 g/mol. The number of hydrogen-bond acceptors (Lipinski definition) is 4. The van der Waals surface area contributed by atoms with Gasteiger partial charge < -0.3 is 19.7 Å². The van der Waals surface area contributed by atoms with E-state index in [9.17, 15) is 15.0 Å². The van der Waals surface area contributed by atoms with Crippen LogP contribution in [-0.2, 0) is 0 Å². The molecule has 0 saturated carbocycles. The molecule has 2 atom stereocenters. The van der Waals surface area contributed by atoms with E-state index in [2.05, 4.69) is 33.8 Å². The van der Waals surface area contributed by atoms with Crippen LogP contribution in [0.25, 0.3) is 16.8 Å². The van der Waals surface area contributed by atoms with Crippen molar-refractivity contribution in [3.8, 4) is 17.2 Å². The molecule has 0 bridgehead atoms. The third-order valence-corrected chi connectivity index (χ3v) is 5.46. The summed E-state index contributed by atoms with van der Waals surface area (Å²) >= 11 is 0. The quantitative estimate of drug-likeness (QED) is 0.676. The van der Waals surface area contributed by atoms with Crippen LogP contribution >= 0.6 is 0 Å². The molecule has 0 aromatic heterocycles. The second-order valence-corrected chi connectivity index (χ2v) is 7.72. The highest BCUT2D eigenvalue weighted by molar-refractivity contribution is 6.07. The molecule has 2 N–H and O–H groups in total. The Morgan fingerprint density at radius 2 is 2.07 bits per heavy atom. The summed E-state index contributed by atoms with van der Waals surface area (Å²) in [7, 11) is 1.48. The average Bonchev–Trinajstić information content (AvgIpc) is 2.65. The maximum atomic E-state index is 11.4. The molecule has 28 heavy (non-hydrogen) atoms. The summed E-state index contributed by atoms with van der Waals surface area (Å²) in [5.41, 5.74) is 1.39. The van der Waals surface area contributed by atoms with Crippen molar-refractivity contribution in [3.05, 3.63) is 47.1 Å². The number of benzene rings is 2. The second kappa shape index (κ2) is 7.23. The molecule has 2 aromatic carbocycles. The standard InChI is InChI=1S/C23H26O5/c1-13(2)6-7-14(3)23(4)11-10-15-18(28-23)9-8-16-20(15)19(27-5)12-17(21(16)24)22(25)26/h6,8-12,14,24H,7H2,1-5H3,(H,25,26). The first-order valence-corrected chi connectivity index (χ1v) is 9.29. The van der Waals surface area contributed by atoms with Crippen molar-refractivity contribution in [2.45, 2.75) is 39.7 Å². The normalized spacial score (nSPS) is 18.9. The maximum Gasteiger partial charge on any atom is 0.339 e. The largest absolute Gasteiger partial charge is 0.506 e. The Bertz CT molecular complexity index is 998. The first-order valence-electron chi connectivity index (χ1n) is 9.29. The van der Waals surface area contributed by atoms with E-state index in [1.54, 1.807) is 12.1 Å². The van der Waals surface area contributed by atoms with Gasteiger partial charge in [0.05, 0.1) is 7.11 Å². The summed E-state index contributed by atoms with van der Waals surface area (Å²) in [6, 6.07) is 4.80. The van der Waals surface area contributed by atoms with Crippen molar-refractivity contribution in [1.82, 2.24) is 0 Å². The second-order valence-electron chi connectivity index (χ2n) is 7.72. The molecule has 1 aliphatic heterocycles. The summed E-state index contributed by atoms with van der Waals surface area (Å²) in [5, 5.41) is 20.8. The molecule has 0 amide bonds. The minimum Gasteiger partial charge on any atom is -0.506 e. The number of carboxylic acid groups (broad SMARTS) is 1. The van der Waals surface area contributed by atoms with Crippen molar-refractivity contribution >= 4 is 22.8 Å². The SMILES string of the molecule is COc1cc(C(=O)O)c(O)c2ccc3c(c12)C=CC(C)(C(C)CC=C(C)C)O3. The van der Waals surface area contributed by atoms with Gasteiger partial charge in [0.2, 0.25) is 0 Å². The molecule has 0 radical (unpaired) electrons. The Hall–Kier alpha value is -2.95. The summed E-state index contributed by atoms with van der Waals surface area (Å²) < 4.78 is 11.8. The number of hydrogen-bond donors (Lipinski definition) is 2. The summed E-state index contributed by atoms with van der Waals surface area (Å²) in [4.78, 5) is 11.4. The van der Waals surface area contributed by atoms with Crippen LogP contribution in [0.4, 0.5) is 0 Å². The number of carbonyl (C=O) groups is 1. The smallest absolute Gasteiger partial charge is 0.339 e. The summed E-state index contributed by atoms with van der Waals surface area (Å²) in [6.07, 6.45) is 7.11. The van der Waals surface area contributed by atoms with Gasteiger partial charge in [0.25, 0.3) is 0 Å². The van der Waals surface area contributed by atoms with Gasteiger partial charge in [0.15, 0.2) is 0 Å². The highest BCUT2D eigenvalue weighted by Crippen LogP contribution is 2.45. The van der Waals surface area contributed by atoms with Gasteiger partial charge >= 0.3 is 5.97 Å². The van der Waals surface area contributed by atoms with Gasteiger partial charge in [-0.05, 0) is 51.5 Å². The summed E-state index contributed by atoms with van der Waals surface area (Å²) in [5.74, 6) is -0.154. The number of rotatable bonds is 5. The van der Waals surface area contributed by atoms with Crippen LogP contribution in [0.2, 0.25) is 0 Å². The number of carboxylic acids is 1. The van der Waals surface area contributed by atoms with E-state index in [0.717, 1.165) is 12.0 Å². The molecule has 5 heteroatoms. The van der Waals surface area contributed by atoms with Crippen LogP contribution in [0.1, 0.15) is 50.0 Å². The summed E-state index contributed by atoms with van der Waals surface area (Å²) in [6.45, 7) is 8.38. The molecular formula is C23H26O5. The minimum absolute atomic E-state index is 0.190. The molecular weight excluding hydrogens is 356 g/mol. The third kappa shape index (κ3) is 3.33. The van der Waals surface area contributed by atoms with E-state index in [-0.39, 0.29) is 17.2 Å². The molecule has 148 valence electrons. The topological polar surface area (TPSA) is 76.0 Å². The Kier molecular flexibility index (Phi) is 5.11. The van der Waals surface area contributed by atoms with E-state index in [1.165, 1.54) is 18.7 Å². The lowest BCUT2D eigenvalue weighted by atomic mass is 9.84. The molecule has 0 fully saturated rings. The fourth-order valence-corrected chi connectivity index (χ4v) is 3.49. The molecule has 3 rings (SSSR count). The van der Waals surface area contributed by atoms with Crippen molar-refractivity contribution < 1.29 is 24.5 Å². The Balaban J connectivity index is 2.13. The Morgan fingerprint density at radius 1 is 1.36 bits per heavy atom. The number of methoxy groups -OCH3 is 1. The van der Waals surface area contributed by atoms with Crippen molar-refractivity contribution in [3.63, 3.8) is 0 Å². The number of ether oxygens (including phenoxy) is 2. The van der Waals surface area contributed by atoms with Crippen molar-refractivity contribution in [2.75, 3.05) is 7.11 Å². The van der Waals surface area contributed by atoms with Crippen LogP contribution in [-0.4, -0.2) is 28.9 Å². The lowest BCUT2D eigenvalue weighted by Gasteiger charge is -2.37. The predicted molar refractivity (Wildman–Crippen MR) is 110 cm³/mol. The minimum atomic E-state index is -1.21. The van der Waals surface area contributed by atoms with Gasteiger partial charge in [-0.3, -0.25) is 0 Å². The molecule has 0 spiro atoms. The average molecular weight is 382 g/mol. The number of aromatic hydroxyl groups is 1. The number of phenols is 1. The maximum absolute atomic E-state index is 11.4. The molecule has 0 aliphatic carbocycles. The predicted octanol–water partition coefficient (Wildman–Crippen LogP) is 5.41. The van der Waals surface area contributed by atoms with Crippen LogP contribution in [0.3, 0.4) is 0 Å². The van der Waals surface area contributed by atoms with Crippen LogP contribution in [0.5, 0.6) is 17.2 Å². The molecule has 0 saturated heterocycles. The van der Waals surface area contributed by atoms with E-state index in [4.69, 9.17) is 9.47 Å². The van der Waals surface area contributed by atoms with Gasteiger partial charge in [-0.25, -0.2) is 4.79 Å². The van der Waals surface area contributed by atoms with Crippen molar-refractivity contribution in [1.29, 1.82) is 0 Å². The van der Waals surface area contributed by atoms with E-state index >= 15 is 0 Å². The van der Waals surface area contributed by atoms with Gasteiger partial charge in [-0.2, -0.15) is 0 Å². The Morgan fingerprint density at radius 3 is 2.68 bits per heavy atom. The fourth-order valence-electron chi connectivity index (χ4n) is 3.49. The highest BCUT2D eigenvalue weighted by Gasteiger charge is 2.34. The lowest BCUT2D eigenvalue weighted by Crippen LogP contribution is -2.38. The molecule has 2 unspecified atom stereocenters. The third-order valence-electron chi connectivity index (χ3n) is 5.46. The first kappa shape index (κ1) is 19.8. The van der Waals surface area contributed by atoms with E-state index in [1.807, 2.05) is 12.2 Å². The lowest BCUT2D eigenvalue weighted by molar-refractivity contribution is 0.0693. The number of fused-ring (bicyclic) bond motifs is 3. The first-order chi connectivity index (χ1) is 13.2. The van der Waals surface area contributed by atoms with Gasteiger partial charge in [0, 0.05) is 22.3 Å². The Labute approximate surface area is 164 Å².